The van der Waals surface area contributed by atoms with Crippen LogP contribution in [-0.2, 0) is 0 Å². The highest BCUT2D eigenvalue weighted by atomic mass is 15.6. The van der Waals surface area contributed by atoms with Crippen LogP contribution in [-0.4, -0.2) is 20.2 Å². The summed E-state index contributed by atoms with van der Waals surface area (Å²) in [5.74, 6) is 0.991. The molecule has 1 aromatic heterocycles. The normalized spacial score (nSPS) is 13.5. The third-order valence-electron chi connectivity index (χ3n) is 2.64. The standard InChI is InChI=1S/C8H17N5/c1-4-7(5-2)6(3)13-8(9)10-11-12-13/h6-7H,4-5H2,1-3H3,(H2,9,10,12). The second-order valence-electron chi connectivity index (χ2n) is 3.30. The summed E-state index contributed by atoms with van der Waals surface area (Å²) in [6.45, 7) is 6.45. The molecular formula is C8H17N5. The van der Waals surface area contributed by atoms with Gasteiger partial charge in [-0.3, -0.25) is 0 Å². The number of tetrazole rings is 1. The number of nitrogens with two attached hydrogens (primary N) is 1. The summed E-state index contributed by atoms with van der Waals surface area (Å²) < 4.78 is 1.69. The Hall–Kier alpha value is -1.13. The van der Waals surface area contributed by atoms with E-state index in [1.807, 2.05) is 0 Å². The van der Waals surface area contributed by atoms with Crippen molar-refractivity contribution in [2.45, 2.75) is 39.7 Å². The molecule has 0 aliphatic carbocycles. The summed E-state index contributed by atoms with van der Waals surface area (Å²) in [6.07, 6.45) is 2.24. The SMILES string of the molecule is CCC(CC)C(C)n1nnnc1N. The van der Waals surface area contributed by atoms with Crippen molar-refractivity contribution >= 4 is 5.95 Å². The van der Waals surface area contributed by atoms with E-state index in [1.165, 1.54) is 0 Å². The van der Waals surface area contributed by atoms with E-state index in [9.17, 15) is 0 Å². The van der Waals surface area contributed by atoms with Crippen molar-refractivity contribution in [3.63, 3.8) is 0 Å². The molecule has 0 bridgehead atoms. The first-order chi connectivity index (χ1) is 6.20. The number of rotatable bonds is 4. The minimum absolute atomic E-state index is 0.282. The van der Waals surface area contributed by atoms with Gasteiger partial charge in [-0.25, -0.2) is 4.68 Å². The van der Waals surface area contributed by atoms with Gasteiger partial charge in [-0.2, -0.15) is 0 Å². The van der Waals surface area contributed by atoms with E-state index in [0.717, 1.165) is 12.8 Å². The fourth-order valence-corrected chi connectivity index (χ4v) is 1.66. The molecule has 2 N–H and O–H groups in total. The molecule has 0 spiro atoms. The monoisotopic (exact) mass is 183 g/mol. The molecule has 13 heavy (non-hydrogen) atoms. The number of nitrogen functional groups attached to an aromatic ring is 1. The average Bonchev–Trinajstić information content (AvgIpc) is 2.53. The molecule has 1 atom stereocenters. The molecule has 1 aromatic rings. The van der Waals surface area contributed by atoms with E-state index in [1.54, 1.807) is 4.68 Å². The van der Waals surface area contributed by atoms with Gasteiger partial charge in [0.15, 0.2) is 0 Å². The lowest BCUT2D eigenvalue weighted by Gasteiger charge is -2.20. The van der Waals surface area contributed by atoms with Crippen LogP contribution in [0.1, 0.15) is 39.7 Å². The van der Waals surface area contributed by atoms with Crippen molar-refractivity contribution in [1.29, 1.82) is 0 Å². The molecule has 74 valence electrons. The van der Waals surface area contributed by atoms with Crippen molar-refractivity contribution in [3.05, 3.63) is 0 Å². The van der Waals surface area contributed by atoms with Gasteiger partial charge in [-0.15, -0.1) is 0 Å². The number of hydrogen-bond donors (Lipinski definition) is 1. The zero-order valence-corrected chi connectivity index (χ0v) is 8.44. The van der Waals surface area contributed by atoms with Crippen molar-refractivity contribution in [1.82, 2.24) is 20.2 Å². The van der Waals surface area contributed by atoms with Gasteiger partial charge in [-0.05, 0) is 23.3 Å². The molecule has 5 nitrogen and oxygen atoms in total. The van der Waals surface area contributed by atoms with Crippen LogP contribution in [0.5, 0.6) is 0 Å². The molecule has 1 heterocycles. The minimum Gasteiger partial charge on any atom is -0.367 e. The van der Waals surface area contributed by atoms with Crippen molar-refractivity contribution in [3.8, 4) is 0 Å². The largest absolute Gasteiger partial charge is 0.367 e. The molecule has 0 aliphatic rings. The highest BCUT2D eigenvalue weighted by molar-refractivity contribution is 5.11. The van der Waals surface area contributed by atoms with E-state index >= 15 is 0 Å². The highest BCUT2D eigenvalue weighted by Gasteiger charge is 2.18. The number of nitrogens with zero attached hydrogens (tertiary/aromatic N) is 4. The Labute approximate surface area is 78.3 Å². The maximum absolute atomic E-state index is 5.62. The zero-order chi connectivity index (χ0) is 9.84. The fourth-order valence-electron chi connectivity index (χ4n) is 1.66. The first-order valence-corrected chi connectivity index (χ1v) is 4.74. The van der Waals surface area contributed by atoms with E-state index < -0.39 is 0 Å². The van der Waals surface area contributed by atoms with Crippen molar-refractivity contribution in [2.75, 3.05) is 5.73 Å². The van der Waals surface area contributed by atoms with Crippen molar-refractivity contribution < 1.29 is 0 Å². The van der Waals surface area contributed by atoms with Gasteiger partial charge in [0.1, 0.15) is 0 Å². The predicted molar refractivity (Wildman–Crippen MR) is 51.0 cm³/mol. The summed E-state index contributed by atoms with van der Waals surface area (Å²) in [7, 11) is 0. The van der Waals surface area contributed by atoms with Crippen LogP contribution in [0.4, 0.5) is 5.95 Å². The molecule has 0 radical (unpaired) electrons. The Kier molecular flexibility index (Phi) is 3.22. The second-order valence-corrected chi connectivity index (χ2v) is 3.30. The quantitative estimate of drug-likeness (QED) is 0.762. The molecule has 0 saturated heterocycles. The van der Waals surface area contributed by atoms with Gasteiger partial charge >= 0.3 is 0 Å². The van der Waals surface area contributed by atoms with E-state index in [2.05, 4.69) is 36.3 Å². The van der Waals surface area contributed by atoms with Gasteiger partial charge in [0, 0.05) is 0 Å². The number of anilines is 1. The second kappa shape index (κ2) is 4.20. The van der Waals surface area contributed by atoms with Gasteiger partial charge in [0.25, 0.3) is 0 Å². The summed E-state index contributed by atoms with van der Waals surface area (Å²) >= 11 is 0. The Morgan fingerprint density at radius 2 is 2.00 bits per heavy atom. The fraction of sp³-hybridized carbons (Fsp3) is 0.875. The number of hydrogen-bond acceptors (Lipinski definition) is 4. The highest BCUT2D eigenvalue weighted by Crippen LogP contribution is 2.23. The van der Waals surface area contributed by atoms with Crippen LogP contribution in [0.15, 0.2) is 0 Å². The summed E-state index contributed by atoms with van der Waals surface area (Å²) in [5, 5.41) is 11.1. The lowest BCUT2D eigenvalue weighted by Crippen LogP contribution is -2.18. The summed E-state index contributed by atoms with van der Waals surface area (Å²) in [5.41, 5.74) is 5.62. The molecule has 1 rings (SSSR count). The van der Waals surface area contributed by atoms with E-state index in [4.69, 9.17) is 5.73 Å². The van der Waals surface area contributed by atoms with Gasteiger partial charge in [-0.1, -0.05) is 31.8 Å². The maximum atomic E-state index is 5.62. The number of aromatic nitrogens is 4. The zero-order valence-electron chi connectivity index (χ0n) is 8.44. The predicted octanol–water partition coefficient (Wildman–Crippen LogP) is 1.25. The smallest absolute Gasteiger partial charge is 0.240 e. The molecule has 1 unspecified atom stereocenters. The lowest BCUT2D eigenvalue weighted by atomic mass is 9.96. The molecule has 0 aliphatic heterocycles. The Balaban J connectivity index is 2.77. The van der Waals surface area contributed by atoms with E-state index in [-0.39, 0.29) is 6.04 Å². The topological polar surface area (TPSA) is 69.6 Å². The molecule has 0 fully saturated rings. The van der Waals surface area contributed by atoms with Gasteiger partial charge in [0.05, 0.1) is 6.04 Å². The van der Waals surface area contributed by atoms with Gasteiger partial charge < -0.3 is 5.73 Å². The van der Waals surface area contributed by atoms with Crippen LogP contribution in [0.3, 0.4) is 0 Å². The lowest BCUT2D eigenvalue weighted by molar-refractivity contribution is 0.310. The maximum Gasteiger partial charge on any atom is 0.240 e. The Morgan fingerprint density at radius 3 is 2.38 bits per heavy atom. The molecular weight excluding hydrogens is 166 g/mol. The van der Waals surface area contributed by atoms with Crippen LogP contribution in [0.2, 0.25) is 0 Å². The van der Waals surface area contributed by atoms with Crippen molar-refractivity contribution in [2.24, 2.45) is 5.92 Å². The van der Waals surface area contributed by atoms with Crippen LogP contribution in [0.25, 0.3) is 0 Å². The van der Waals surface area contributed by atoms with Crippen LogP contribution >= 0.6 is 0 Å². The Bertz CT molecular complexity index is 253. The molecule has 5 heteroatoms. The first-order valence-electron chi connectivity index (χ1n) is 4.74. The molecule has 0 amide bonds. The average molecular weight is 183 g/mol. The Morgan fingerprint density at radius 1 is 1.38 bits per heavy atom. The van der Waals surface area contributed by atoms with Gasteiger partial charge in [0.2, 0.25) is 5.95 Å². The van der Waals surface area contributed by atoms with E-state index in [0.29, 0.717) is 11.9 Å². The first kappa shape index (κ1) is 9.95. The summed E-state index contributed by atoms with van der Waals surface area (Å²) in [4.78, 5) is 0. The van der Waals surface area contributed by atoms with Crippen LogP contribution in [0, 0.1) is 5.92 Å². The van der Waals surface area contributed by atoms with Crippen LogP contribution < -0.4 is 5.73 Å². The minimum atomic E-state index is 0.282. The molecule has 0 aromatic carbocycles. The third-order valence-corrected chi connectivity index (χ3v) is 2.64. The summed E-state index contributed by atoms with van der Waals surface area (Å²) in [6, 6.07) is 0.282. The third kappa shape index (κ3) is 1.96. The molecule has 0 saturated carbocycles.